The van der Waals surface area contributed by atoms with Crippen LogP contribution in [0.1, 0.15) is 5.56 Å². The maximum atomic E-state index is 12.7. The van der Waals surface area contributed by atoms with Crippen molar-refractivity contribution in [3.63, 3.8) is 0 Å². The van der Waals surface area contributed by atoms with E-state index in [4.69, 9.17) is 14.6 Å². The van der Waals surface area contributed by atoms with E-state index in [0.29, 0.717) is 28.2 Å². The molecule has 10 heteroatoms. The van der Waals surface area contributed by atoms with Gasteiger partial charge in [-0.25, -0.2) is 14.6 Å². The molecule has 0 radical (unpaired) electrons. The quantitative estimate of drug-likeness (QED) is 0.578. The lowest BCUT2D eigenvalue weighted by Crippen LogP contribution is -2.40. The highest BCUT2D eigenvalue weighted by molar-refractivity contribution is 5.85. The summed E-state index contributed by atoms with van der Waals surface area (Å²) in [4.78, 5) is 39.9. The Bertz CT molecular complexity index is 1220. The Morgan fingerprint density at radius 2 is 2.00 bits per heavy atom. The van der Waals surface area contributed by atoms with Crippen LogP contribution in [0.25, 0.3) is 17.2 Å². The van der Waals surface area contributed by atoms with Gasteiger partial charge in [0.25, 0.3) is 5.56 Å². The van der Waals surface area contributed by atoms with Crippen molar-refractivity contribution in [2.45, 2.75) is 6.54 Å². The van der Waals surface area contributed by atoms with Crippen LogP contribution in [0.2, 0.25) is 0 Å². The van der Waals surface area contributed by atoms with Gasteiger partial charge in [0.15, 0.2) is 22.7 Å². The lowest BCUT2D eigenvalue weighted by Gasteiger charge is -2.13. The van der Waals surface area contributed by atoms with Gasteiger partial charge in [-0.3, -0.25) is 13.9 Å². The number of rotatable bonds is 7. The molecule has 1 N–H and O–H groups in total. The summed E-state index contributed by atoms with van der Waals surface area (Å²) >= 11 is 0. The molecular weight excluding hydrogens is 380 g/mol. The molecule has 0 fully saturated rings. The highest BCUT2D eigenvalue weighted by Gasteiger charge is 2.15. The number of ether oxygens (including phenoxy) is 2. The maximum Gasteiger partial charge on any atom is 0.332 e. The van der Waals surface area contributed by atoms with Crippen LogP contribution in [-0.4, -0.2) is 43.5 Å². The van der Waals surface area contributed by atoms with Gasteiger partial charge in [0.2, 0.25) is 0 Å². The van der Waals surface area contributed by atoms with Gasteiger partial charge in [-0.05, 0) is 23.8 Å². The second kappa shape index (κ2) is 8.05. The molecular formula is C19H20N4O6. The van der Waals surface area contributed by atoms with Crippen molar-refractivity contribution in [1.29, 1.82) is 0 Å². The number of carboxylic acids is 1. The summed E-state index contributed by atoms with van der Waals surface area (Å²) in [6.45, 7) is 0.0929. The zero-order chi connectivity index (χ0) is 21.1. The number of aliphatic carboxylic acids is 1. The van der Waals surface area contributed by atoms with Crippen LogP contribution >= 0.6 is 0 Å². The Balaban J connectivity index is 1.82. The number of aryl methyl sites for hydroxylation is 2. The monoisotopic (exact) mass is 400 g/mol. The molecule has 10 nitrogen and oxygen atoms in total. The molecule has 0 saturated heterocycles. The first-order valence-corrected chi connectivity index (χ1v) is 8.66. The normalized spacial score (nSPS) is 11.3. The number of methoxy groups -OCH3 is 1. The molecule has 0 aliphatic heterocycles. The zero-order valence-corrected chi connectivity index (χ0v) is 16.2. The van der Waals surface area contributed by atoms with Gasteiger partial charge in [0.05, 0.1) is 20.0 Å². The molecule has 0 unspecified atom stereocenters. The molecule has 3 rings (SSSR count). The largest absolute Gasteiger partial charge is 0.493 e. The van der Waals surface area contributed by atoms with Crippen molar-refractivity contribution in [2.75, 3.05) is 13.7 Å². The van der Waals surface area contributed by atoms with E-state index in [0.717, 1.165) is 10.6 Å². The lowest BCUT2D eigenvalue weighted by atomic mass is 10.2. The molecule has 0 spiro atoms. The van der Waals surface area contributed by atoms with Crippen LogP contribution in [0.15, 0.2) is 40.2 Å². The highest BCUT2D eigenvalue weighted by Crippen LogP contribution is 2.28. The summed E-state index contributed by atoms with van der Waals surface area (Å²) in [5.74, 6) is -0.243. The van der Waals surface area contributed by atoms with Crippen LogP contribution in [0.4, 0.5) is 0 Å². The van der Waals surface area contributed by atoms with E-state index in [9.17, 15) is 14.4 Å². The highest BCUT2D eigenvalue weighted by atomic mass is 16.5. The number of benzene rings is 1. The molecule has 29 heavy (non-hydrogen) atoms. The van der Waals surface area contributed by atoms with Gasteiger partial charge in [-0.2, -0.15) is 0 Å². The van der Waals surface area contributed by atoms with Gasteiger partial charge in [0.1, 0.15) is 6.61 Å². The molecule has 0 bridgehead atoms. The van der Waals surface area contributed by atoms with Crippen molar-refractivity contribution in [3.8, 4) is 11.5 Å². The van der Waals surface area contributed by atoms with E-state index in [1.807, 2.05) is 0 Å². The Labute approximate surface area is 164 Å². The molecule has 0 amide bonds. The van der Waals surface area contributed by atoms with Crippen molar-refractivity contribution >= 4 is 23.2 Å². The molecule has 0 aliphatic rings. The fourth-order valence-corrected chi connectivity index (χ4v) is 2.91. The number of carboxylic acid groups (broad SMARTS) is 1. The van der Waals surface area contributed by atoms with Gasteiger partial charge >= 0.3 is 11.7 Å². The predicted molar refractivity (Wildman–Crippen MR) is 105 cm³/mol. The summed E-state index contributed by atoms with van der Waals surface area (Å²) < 4.78 is 15.0. The second-order valence-electron chi connectivity index (χ2n) is 6.26. The number of imidazole rings is 1. The minimum atomic E-state index is -1.05. The summed E-state index contributed by atoms with van der Waals surface area (Å²) in [7, 11) is 4.71. The first-order chi connectivity index (χ1) is 13.8. The van der Waals surface area contributed by atoms with Crippen LogP contribution < -0.4 is 20.7 Å². The molecule has 3 aromatic rings. The third-order valence-corrected chi connectivity index (χ3v) is 4.38. The van der Waals surface area contributed by atoms with Gasteiger partial charge in [-0.1, -0.05) is 6.07 Å². The SMILES string of the molecule is COc1cc(/C=C/C(=O)O)ccc1OCCn1c(=O)c2c(ncn2C)n(C)c1=O. The van der Waals surface area contributed by atoms with Crippen LogP contribution in [-0.2, 0) is 25.4 Å². The van der Waals surface area contributed by atoms with Crippen LogP contribution in [0, 0.1) is 0 Å². The van der Waals surface area contributed by atoms with E-state index in [1.165, 1.54) is 24.1 Å². The number of fused-ring (bicyclic) bond motifs is 1. The zero-order valence-electron chi connectivity index (χ0n) is 16.2. The number of hydrogen-bond acceptors (Lipinski definition) is 6. The molecule has 152 valence electrons. The van der Waals surface area contributed by atoms with Crippen molar-refractivity contribution < 1.29 is 19.4 Å². The average Bonchev–Trinajstić information content (AvgIpc) is 3.09. The number of carbonyl (C=O) groups is 1. The third-order valence-electron chi connectivity index (χ3n) is 4.38. The first kappa shape index (κ1) is 19.9. The minimum absolute atomic E-state index is 0.0381. The Morgan fingerprint density at radius 1 is 1.24 bits per heavy atom. The minimum Gasteiger partial charge on any atom is -0.493 e. The fraction of sp³-hybridized carbons (Fsp3) is 0.263. The summed E-state index contributed by atoms with van der Waals surface area (Å²) in [6.07, 6.45) is 3.94. The number of aromatic nitrogens is 4. The van der Waals surface area contributed by atoms with Crippen molar-refractivity contribution in [2.24, 2.45) is 14.1 Å². The molecule has 0 saturated carbocycles. The van der Waals surface area contributed by atoms with Gasteiger partial charge < -0.3 is 19.1 Å². The standard InChI is InChI=1S/C19H20N4O6/c1-21-11-20-17-16(21)18(26)23(19(27)22(17)2)8-9-29-13-6-4-12(5-7-15(24)25)10-14(13)28-3/h4-7,10-11H,8-9H2,1-3H3,(H,24,25)/b7-5+. The first-order valence-electron chi connectivity index (χ1n) is 8.66. The Kier molecular flexibility index (Phi) is 5.53. The second-order valence-corrected chi connectivity index (χ2v) is 6.26. The van der Waals surface area contributed by atoms with E-state index >= 15 is 0 Å². The van der Waals surface area contributed by atoms with Crippen LogP contribution in [0.3, 0.4) is 0 Å². The predicted octanol–water partition coefficient (Wildman–Crippen LogP) is 0.619. The average molecular weight is 400 g/mol. The Morgan fingerprint density at radius 3 is 2.69 bits per heavy atom. The summed E-state index contributed by atoms with van der Waals surface area (Å²) in [5.41, 5.74) is 0.368. The number of nitrogens with zero attached hydrogens (tertiary/aromatic N) is 4. The van der Waals surface area contributed by atoms with Gasteiger partial charge in [-0.15, -0.1) is 0 Å². The number of hydrogen-bond donors (Lipinski definition) is 1. The molecule has 0 aliphatic carbocycles. The molecule has 2 heterocycles. The fourth-order valence-electron chi connectivity index (χ4n) is 2.91. The lowest BCUT2D eigenvalue weighted by molar-refractivity contribution is -0.131. The molecule has 2 aromatic heterocycles. The van der Waals surface area contributed by atoms with Gasteiger partial charge in [0, 0.05) is 20.2 Å². The molecule has 0 atom stereocenters. The third kappa shape index (κ3) is 3.91. The molecule has 1 aromatic carbocycles. The van der Waals surface area contributed by atoms with E-state index in [1.54, 1.807) is 36.9 Å². The van der Waals surface area contributed by atoms with E-state index < -0.39 is 17.2 Å². The summed E-state index contributed by atoms with van der Waals surface area (Å²) in [5, 5.41) is 8.71. The smallest absolute Gasteiger partial charge is 0.332 e. The Hall–Kier alpha value is -3.82. The topological polar surface area (TPSA) is 118 Å². The van der Waals surface area contributed by atoms with Crippen molar-refractivity contribution in [3.05, 3.63) is 57.0 Å². The summed E-state index contributed by atoms with van der Waals surface area (Å²) in [6, 6.07) is 4.93. The van der Waals surface area contributed by atoms with E-state index in [2.05, 4.69) is 4.98 Å². The van der Waals surface area contributed by atoms with E-state index in [-0.39, 0.29) is 13.2 Å². The maximum absolute atomic E-state index is 12.7. The van der Waals surface area contributed by atoms with Crippen molar-refractivity contribution in [1.82, 2.24) is 18.7 Å². The van der Waals surface area contributed by atoms with Crippen LogP contribution in [0.5, 0.6) is 11.5 Å².